The molecule has 0 fully saturated rings. The highest BCUT2D eigenvalue weighted by Crippen LogP contribution is 2.11. The zero-order valence-electron chi connectivity index (χ0n) is 14.7. The van der Waals surface area contributed by atoms with Gasteiger partial charge in [-0.05, 0) is 50.1 Å². The van der Waals surface area contributed by atoms with E-state index in [1.165, 1.54) is 0 Å². The maximum atomic E-state index is 12.2. The average Bonchev–Trinajstić information content (AvgIpc) is 3.00. The number of carbonyl (C=O) groups excluding carboxylic acids is 1. The van der Waals surface area contributed by atoms with Crippen LogP contribution in [0, 0.1) is 6.92 Å². The molecule has 1 aromatic carbocycles. The van der Waals surface area contributed by atoms with Crippen LogP contribution in [0.3, 0.4) is 0 Å². The van der Waals surface area contributed by atoms with Crippen molar-refractivity contribution in [2.75, 3.05) is 5.32 Å². The van der Waals surface area contributed by atoms with E-state index in [4.69, 9.17) is 0 Å². The van der Waals surface area contributed by atoms with Crippen LogP contribution in [0.25, 0.3) is 5.65 Å². The molecule has 0 bridgehead atoms. The van der Waals surface area contributed by atoms with Crippen molar-refractivity contribution < 1.29 is 4.79 Å². The van der Waals surface area contributed by atoms with Crippen LogP contribution in [0.15, 0.2) is 36.4 Å². The molecular formula is C18H22N6O. The van der Waals surface area contributed by atoms with Crippen molar-refractivity contribution in [3.63, 3.8) is 0 Å². The second-order valence-corrected chi connectivity index (χ2v) is 6.07. The topological polar surface area (TPSA) is 84.2 Å². The number of hydrogen-bond donors (Lipinski definition) is 2. The van der Waals surface area contributed by atoms with E-state index in [-0.39, 0.29) is 11.9 Å². The summed E-state index contributed by atoms with van der Waals surface area (Å²) in [4.78, 5) is 12.2. The van der Waals surface area contributed by atoms with Crippen LogP contribution in [-0.2, 0) is 6.54 Å². The number of aromatic nitrogens is 4. The zero-order valence-corrected chi connectivity index (χ0v) is 14.7. The van der Waals surface area contributed by atoms with Crippen molar-refractivity contribution in [3.8, 4) is 0 Å². The molecule has 0 unspecified atom stereocenters. The van der Waals surface area contributed by atoms with Gasteiger partial charge in [-0.25, -0.2) is 0 Å². The summed E-state index contributed by atoms with van der Waals surface area (Å²) >= 11 is 0. The number of benzene rings is 1. The third-order valence-corrected chi connectivity index (χ3v) is 4.07. The Kier molecular flexibility index (Phi) is 4.92. The van der Waals surface area contributed by atoms with E-state index in [1.807, 2.05) is 57.2 Å². The van der Waals surface area contributed by atoms with E-state index in [9.17, 15) is 4.79 Å². The highest BCUT2D eigenvalue weighted by Gasteiger charge is 2.09. The van der Waals surface area contributed by atoms with E-state index < -0.39 is 0 Å². The van der Waals surface area contributed by atoms with Gasteiger partial charge in [0.2, 0.25) is 0 Å². The lowest BCUT2D eigenvalue weighted by Crippen LogP contribution is -2.31. The molecule has 1 amide bonds. The Morgan fingerprint density at radius 2 is 2.08 bits per heavy atom. The molecule has 3 aromatic rings. The number of fused-ring (bicyclic) bond motifs is 1. The van der Waals surface area contributed by atoms with E-state index in [2.05, 4.69) is 25.9 Å². The van der Waals surface area contributed by atoms with Gasteiger partial charge in [0.05, 0.1) is 0 Å². The molecule has 3 rings (SSSR count). The van der Waals surface area contributed by atoms with E-state index >= 15 is 0 Å². The maximum Gasteiger partial charge on any atom is 0.251 e. The Labute approximate surface area is 146 Å². The molecule has 0 aliphatic heterocycles. The number of aryl methyl sites for hydroxylation is 1. The Morgan fingerprint density at radius 3 is 2.88 bits per heavy atom. The molecule has 0 aliphatic rings. The molecule has 0 aliphatic carbocycles. The van der Waals surface area contributed by atoms with Crippen molar-refractivity contribution in [2.45, 2.75) is 39.8 Å². The Balaban J connectivity index is 1.69. The second-order valence-electron chi connectivity index (χ2n) is 6.07. The predicted octanol–water partition coefficient (Wildman–Crippen LogP) is 2.57. The molecule has 1 atom stereocenters. The van der Waals surface area contributed by atoms with Gasteiger partial charge in [0, 0.05) is 18.2 Å². The Hall–Kier alpha value is -2.96. The first-order valence-electron chi connectivity index (χ1n) is 8.39. The molecule has 0 spiro atoms. The van der Waals surface area contributed by atoms with Gasteiger partial charge in [-0.1, -0.05) is 19.1 Å². The minimum atomic E-state index is -0.0455. The lowest BCUT2D eigenvalue weighted by Gasteiger charge is -2.12. The number of nitrogens with one attached hydrogen (secondary N) is 2. The first kappa shape index (κ1) is 16.9. The molecular weight excluding hydrogens is 316 g/mol. The SMILES string of the molecule is CC[C@@H](C)NC(=O)c1cccc(CNc2ccc3nnc(C)n3n2)c1. The molecule has 0 saturated carbocycles. The Bertz CT molecular complexity index is 888. The number of carbonyl (C=O) groups is 1. The minimum absolute atomic E-state index is 0.0455. The van der Waals surface area contributed by atoms with Gasteiger partial charge < -0.3 is 10.6 Å². The van der Waals surface area contributed by atoms with Crippen molar-refractivity contribution in [1.29, 1.82) is 0 Å². The van der Waals surface area contributed by atoms with Crippen LogP contribution < -0.4 is 10.6 Å². The first-order chi connectivity index (χ1) is 12.1. The number of nitrogens with zero attached hydrogens (tertiary/aromatic N) is 4. The largest absolute Gasteiger partial charge is 0.365 e. The van der Waals surface area contributed by atoms with Crippen LogP contribution in [0.5, 0.6) is 0 Å². The molecule has 0 radical (unpaired) electrons. The standard InChI is InChI=1S/C18H22N6O/c1-4-12(2)20-18(25)15-7-5-6-14(10-15)11-19-16-8-9-17-22-21-13(3)24(17)23-16/h5-10,12H,4,11H2,1-3H3,(H,19,23)(H,20,25)/t12-/m1/s1. The van der Waals surface area contributed by atoms with E-state index in [0.29, 0.717) is 17.8 Å². The normalized spacial score (nSPS) is 12.1. The van der Waals surface area contributed by atoms with Crippen LogP contribution in [0.1, 0.15) is 42.0 Å². The lowest BCUT2D eigenvalue weighted by molar-refractivity contribution is 0.0939. The molecule has 2 aromatic heterocycles. The van der Waals surface area contributed by atoms with Gasteiger partial charge in [-0.15, -0.1) is 15.3 Å². The molecule has 25 heavy (non-hydrogen) atoms. The fourth-order valence-electron chi connectivity index (χ4n) is 2.41. The quantitative estimate of drug-likeness (QED) is 0.722. The van der Waals surface area contributed by atoms with Gasteiger partial charge in [0.15, 0.2) is 11.5 Å². The van der Waals surface area contributed by atoms with Crippen molar-refractivity contribution >= 4 is 17.4 Å². The number of hydrogen-bond acceptors (Lipinski definition) is 5. The average molecular weight is 338 g/mol. The third-order valence-electron chi connectivity index (χ3n) is 4.07. The van der Waals surface area contributed by atoms with Crippen LogP contribution >= 0.6 is 0 Å². The number of rotatable bonds is 6. The zero-order chi connectivity index (χ0) is 17.8. The van der Waals surface area contributed by atoms with Gasteiger partial charge in [0.1, 0.15) is 5.82 Å². The van der Waals surface area contributed by atoms with Crippen LogP contribution in [0.4, 0.5) is 5.82 Å². The van der Waals surface area contributed by atoms with Crippen molar-refractivity contribution in [3.05, 3.63) is 53.3 Å². The number of amides is 1. The summed E-state index contributed by atoms with van der Waals surface area (Å²) in [5.74, 6) is 1.42. The smallest absolute Gasteiger partial charge is 0.251 e. The maximum absolute atomic E-state index is 12.2. The molecule has 2 N–H and O–H groups in total. The monoisotopic (exact) mass is 338 g/mol. The summed E-state index contributed by atoms with van der Waals surface area (Å²) in [6, 6.07) is 11.5. The Morgan fingerprint density at radius 1 is 1.24 bits per heavy atom. The van der Waals surface area contributed by atoms with E-state index in [0.717, 1.165) is 23.6 Å². The second kappa shape index (κ2) is 7.29. The van der Waals surface area contributed by atoms with Crippen LogP contribution in [0.2, 0.25) is 0 Å². The van der Waals surface area contributed by atoms with Crippen LogP contribution in [-0.4, -0.2) is 31.8 Å². The molecule has 0 saturated heterocycles. The minimum Gasteiger partial charge on any atom is -0.365 e. The fraction of sp³-hybridized carbons (Fsp3) is 0.333. The van der Waals surface area contributed by atoms with Crippen molar-refractivity contribution in [2.24, 2.45) is 0 Å². The van der Waals surface area contributed by atoms with Crippen molar-refractivity contribution in [1.82, 2.24) is 25.1 Å². The fourth-order valence-corrected chi connectivity index (χ4v) is 2.41. The summed E-state index contributed by atoms with van der Waals surface area (Å²) in [6.07, 6.45) is 0.906. The van der Waals surface area contributed by atoms with Gasteiger partial charge >= 0.3 is 0 Å². The number of anilines is 1. The van der Waals surface area contributed by atoms with Gasteiger partial charge in [-0.3, -0.25) is 4.79 Å². The molecule has 2 heterocycles. The van der Waals surface area contributed by atoms with Gasteiger partial charge in [-0.2, -0.15) is 4.52 Å². The van der Waals surface area contributed by atoms with Gasteiger partial charge in [0.25, 0.3) is 5.91 Å². The predicted molar refractivity (Wildman–Crippen MR) is 96.5 cm³/mol. The summed E-state index contributed by atoms with van der Waals surface area (Å²) in [5.41, 5.74) is 2.39. The highest BCUT2D eigenvalue weighted by molar-refractivity contribution is 5.94. The summed E-state index contributed by atoms with van der Waals surface area (Å²) < 4.78 is 1.69. The third kappa shape index (κ3) is 3.93. The summed E-state index contributed by atoms with van der Waals surface area (Å²) in [7, 11) is 0. The summed E-state index contributed by atoms with van der Waals surface area (Å²) in [5, 5.41) is 18.7. The summed E-state index contributed by atoms with van der Waals surface area (Å²) in [6.45, 7) is 6.48. The molecule has 7 nitrogen and oxygen atoms in total. The highest BCUT2D eigenvalue weighted by atomic mass is 16.1. The first-order valence-corrected chi connectivity index (χ1v) is 8.39. The van der Waals surface area contributed by atoms with E-state index in [1.54, 1.807) is 4.52 Å². The lowest BCUT2D eigenvalue weighted by atomic mass is 10.1. The molecule has 7 heteroatoms. The molecule has 130 valence electrons.